The summed E-state index contributed by atoms with van der Waals surface area (Å²) < 4.78 is 5.30. The number of amides is 2. The van der Waals surface area contributed by atoms with Crippen LogP contribution in [0.25, 0.3) is 10.8 Å². The number of furan rings is 1. The molecule has 1 aromatic carbocycles. The predicted molar refractivity (Wildman–Crippen MR) is 102 cm³/mol. The number of carbonyl (C=O) groups is 2. The Morgan fingerprint density at radius 2 is 2.12 bits per heavy atom. The third kappa shape index (κ3) is 4.12. The Balaban J connectivity index is 1.70. The highest BCUT2D eigenvalue weighted by atomic mass is 35.5. The van der Waals surface area contributed by atoms with Crippen LogP contribution in [-0.2, 0) is 11.2 Å². The lowest BCUT2D eigenvalue weighted by molar-refractivity contribution is -0.115. The maximum atomic E-state index is 12.3. The van der Waals surface area contributed by atoms with Crippen LogP contribution in [0.1, 0.15) is 16.1 Å². The standard InChI is InChI=1S/C18H16ClN3O3S/c1-22(2)18(24)11-5-6-13(19)14(8-11)21-16(23)9-12-10-26-17(20-12)15-4-3-7-25-15/h3-8,10H,9H2,1-2H3,(H,21,23). The number of anilines is 1. The van der Waals surface area contributed by atoms with Crippen molar-refractivity contribution in [1.82, 2.24) is 9.88 Å². The van der Waals surface area contributed by atoms with Crippen LogP contribution in [0.2, 0.25) is 5.02 Å². The largest absolute Gasteiger partial charge is 0.462 e. The van der Waals surface area contributed by atoms with Gasteiger partial charge in [0.05, 0.1) is 29.1 Å². The molecule has 6 nitrogen and oxygen atoms in total. The SMILES string of the molecule is CN(C)C(=O)c1ccc(Cl)c(NC(=O)Cc2csc(-c3ccco3)n2)c1. The van der Waals surface area contributed by atoms with Gasteiger partial charge in [-0.1, -0.05) is 11.6 Å². The highest BCUT2D eigenvalue weighted by Gasteiger charge is 2.14. The van der Waals surface area contributed by atoms with E-state index >= 15 is 0 Å². The number of nitrogens with one attached hydrogen (secondary N) is 1. The highest BCUT2D eigenvalue weighted by Crippen LogP contribution is 2.26. The summed E-state index contributed by atoms with van der Waals surface area (Å²) in [4.78, 5) is 30.2. The molecule has 2 amide bonds. The van der Waals surface area contributed by atoms with E-state index in [9.17, 15) is 9.59 Å². The lowest BCUT2D eigenvalue weighted by Crippen LogP contribution is -2.22. The number of carbonyl (C=O) groups excluding carboxylic acids is 2. The number of aromatic nitrogens is 1. The fraction of sp³-hybridized carbons (Fsp3) is 0.167. The van der Waals surface area contributed by atoms with Gasteiger partial charge in [0.1, 0.15) is 0 Å². The second-order valence-electron chi connectivity index (χ2n) is 5.74. The number of halogens is 1. The van der Waals surface area contributed by atoms with Gasteiger partial charge in [-0.3, -0.25) is 9.59 Å². The first kappa shape index (κ1) is 18.2. The van der Waals surface area contributed by atoms with Crippen LogP contribution in [0.15, 0.2) is 46.4 Å². The molecule has 0 radical (unpaired) electrons. The van der Waals surface area contributed by atoms with Crippen LogP contribution in [0.3, 0.4) is 0 Å². The van der Waals surface area contributed by atoms with Crippen molar-refractivity contribution in [1.29, 1.82) is 0 Å². The Kier molecular flexibility index (Phi) is 5.39. The van der Waals surface area contributed by atoms with Gasteiger partial charge in [-0.25, -0.2) is 4.98 Å². The first-order chi connectivity index (χ1) is 12.4. The molecule has 2 heterocycles. The molecule has 3 rings (SSSR count). The summed E-state index contributed by atoms with van der Waals surface area (Å²) in [6.45, 7) is 0. The molecule has 2 aromatic heterocycles. The molecule has 8 heteroatoms. The zero-order valence-corrected chi connectivity index (χ0v) is 15.7. The molecule has 0 aliphatic carbocycles. The zero-order valence-electron chi connectivity index (χ0n) is 14.2. The van der Waals surface area contributed by atoms with Crippen molar-refractivity contribution in [3.05, 3.63) is 58.3 Å². The molecule has 0 atom stereocenters. The Morgan fingerprint density at radius 1 is 1.31 bits per heavy atom. The summed E-state index contributed by atoms with van der Waals surface area (Å²) in [6.07, 6.45) is 1.67. The maximum Gasteiger partial charge on any atom is 0.253 e. The average Bonchev–Trinajstić information content (AvgIpc) is 3.27. The van der Waals surface area contributed by atoms with Gasteiger partial charge >= 0.3 is 0 Å². The van der Waals surface area contributed by atoms with E-state index in [4.69, 9.17) is 16.0 Å². The molecule has 3 aromatic rings. The quantitative estimate of drug-likeness (QED) is 0.717. The summed E-state index contributed by atoms with van der Waals surface area (Å²) in [5.74, 6) is 0.233. The molecule has 1 N–H and O–H groups in total. The van der Waals surface area contributed by atoms with Crippen molar-refractivity contribution in [2.75, 3.05) is 19.4 Å². The molecule has 0 saturated carbocycles. The lowest BCUT2D eigenvalue weighted by atomic mass is 10.1. The van der Waals surface area contributed by atoms with E-state index in [0.29, 0.717) is 27.7 Å². The van der Waals surface area contributed by atoms with E-state index in [-0.39, 0.29) is 18.2 Å². The topological polar surface area (TPSA) is 75.4 Å². The summed E-state index contributed by atoms with van der Waals surface area (Å²) in [5.41, 5.74) is 1.48. The van der Waals surface area contributed by atoms with Gasteiger partial charge in [0, 0.05) is 25.0 Å². The van der Waals surface area contributed by atoms with Gasteiger partial charge in [0.15, 0.2) is 10.8 Å². The van der Waals surface area contributed by atoms with E-state index in [1.165, 1.54) is 16.2 Å². The smallest absolute Gasteiger partial charge is 0.253 e. The van der Waals surface area contributed by atoms with E-state index < -0.39 is 0 Å². The first-order valence-electron chi connectivity index (χ1n) is 7.73. The Labute approximate surface area is 159 Å². The van der Waals surface area contributed by atoms with Crippen molar-refractivity contribution >= 4 is 40.4 Å². The van der Waals surface area contributed by atoms with E-state index in [2.05, 4.69) is 10.3 Å². The Bertz CT molecular complexity index is 935. The fourth-order valence-corrected chi connectivity index (χ4v) is 3.22. The number of hydrogen-bond donors (Lipinski definition) is 1. The molecule has 0 aliphatic heterocycles. The summed E-state index contributed by atoms with van der Waals surface area (Å²) in [6, 6.07) is 8.38. The predicted octanol–water partition coefficient (Wildman–Crippen LogP) is 3.94. The van der Waals surface area contributed by atoms with Crippen molar-refractivity contribution in [3.63, 3.8) is 0 Å². The minimum Gasteiger partial charge on any atom is -0.462 e. The lowest BCUT2D eigenvalue weighted by Gasteiger charge is -2.12. The summed E-state index contributed by atoms with van der Waals surface area (Å²) in [7, 11) is 3.32. The number of hydrogen-bond acceptors (Lipinski definition) is 5. The number of nitrogens with zero attached hydrogens (tertiary/aromatic N) is 2. The maximum absolute atomic E-state index is 12.3. The van der Waals surface area contributed by atoms with Crippen LogP contribution in [0.4, 0.5) is 5.69 Å². The third-order valence-corrected chi connectivity index (χ3v) is 4.75. The van der Waals surface area contributed by atoms with Gasteiger partial charge < -0.3 is 14.6 Å². The van der Waals surface area contributed by atoms with Crippen molar-refractivity contribution in [2.24, 2.45) is 0 Å². The van der Waals surface area contributed by atoms with Gasteiger partial charge in [-0.05, 0) is 30.3 Å². The Hall–Kier alpha value is -2.64. The van der Waals surface area contributed by atoms with Crippen LogP contribution >= 0.6 is 22.9 Å². The van der Waals surface area contributed by atoms with Crippen molar-refractivity contribution in [2.45, 2.75) is 6.42 Å². The molecule has 0 aliphatic rings. The van der Waals surface area contributed by atoms with Crippen molar-refractivity contribution < 1.29 is 14.0 Å². The van der Waals surface area contributed by atoms with Gasteiger partial charge in [-0.2, -0.15) is 0 Å². The van der Waals surface area contributed by atoms with Gasteiger partial charge in [0.2, 0.25) is 5.91 Å². The first-order valence-corrected chi connectivity index (χ1v) is 8.99. The fourth-order valence-electron chi connectivity index (χ4n) is 2.27. The third-order valence-electron chi connectivity index (χ3n) is 3.52. The monoisotopic (exact) mass is 389 g/mol. The molecular weight excluding hydrogens is 374 g/mol. The van der Waals surface area contributed by atoms with E-state index in [0.717, 1.165) is 5.01 Å². The van der Waals surface area contributed by atoms with E-state index in [1.807, 2.05) is 11.4 Å². The molecule has 26 heavy (non-hydrogen) atoms. The molecule has 134 valence electrons. The second kappa shape index (κ2) is 7.72. The average molecular weight is 390 g/mol. The van der Waals surface area contributed by atoms with Gasteiger partial charge in [0.25, 0.3) is 5.91 Å². The molecule has 0 saturated heterocycles. The normalized spacial score (nSPS) is 10.6. The summed E-state index contributed by atoms with van der Waals surface area (Å²) in [5, 5.41) is 5.63. The molecule has 0 fully saturated rings. The van der Waals surface area contributed by atoms with Crippen molar-refractivity contribution in [3.8, 4) is 10.8 Å². The minimum atomic E-state index is -0.266. The number of thiazole rings is 1. The molecule has 0 spiro atoms. The number of benzene rings is 1. The highest BCUT2D eigenvalue weighted by molar-refractivity contribution is 7.13. The second-order valence-corrected chi connectivity index (χ2v) is 7.01. The van der Waals surface area contributed by atoms with E-state index in [1.54, 1.807) is 44.6 Å². The van der Waals surface area contributed by atoms with Gasteiger partial charge in [-0.15, -0.1) is 11.3 Å². The van der Waals surface area contributed by atoms with Crippen LogP contribution in [0, 0.1) is 0 Å². The molecule has 0 unspecified atom stereocenters. The zero-order chi connectivity index (χ0) is 18.7. The van der Waals surface area contributed by atoms with Crippen LogP contribution in [-0.4, -0.2) is 35.8 Å². The van der Waals surface area contributed by atoms with Crippen LogP contribution in [0.5, 0.6) is 0 Å². The Morgan fingerprint density at radius 3 is 2.81 bits per heavy atom. The number of rotatable bonds is 5. The molecular formula is C18H16ClN3O3S. The summed E-state index contributed by atoms with van der Waals surface area (Å²) >= 11 is 7.54. The van der Waals surface area contributed by atoms with Crippen LogP contribution < -0.4 is 5.32 Å². The molecule has 0 bridgehead atoms. The minimum absolute atomic E-state index is 0.0966.